The van der Waals surface area contributed by atoms with Gasteiger partial charge < -0.3 is 0 Å². The number of ketones is 1. The Morgan fingerprint density at radius 3 is 2.42 bits per heavy atom. The van der Waals surface area contributed by atoms with E-state index in [9.17, 15) is 13.6 Å². The fourth-order valence-corrected chi connectivity index (χ4v) is 3.43. The van der Waals surface area contributed by atoms with Crippen LogP contribution in [0, 0.1) is 11.3 Å². The van der Waals surface area contributed by atoms with E-state index >= 15 is 0 Å². The molecule has 3 rings (SSSR count). The monoisotopic (exact) mass is 357 g/mol. The summed E-state index contributed by atoms with van der Waals surface area (Å²) in [5, 5.41) is 13.6. The van der Waals surface area contributed by atoms with E-state index in [1.165, 1.54) is 0 Å². The summed E-state index contributed by atoms with van der Waals surface area (Å²) in [6.45, 7) is 5.60. The van der Waals surface area contributed by atoms with Crippen molar-refractivity contribution < 1.29 is 13.6 Å². The summed E-state index contributed by atoms with van der Waals surface area (Å²) in [5.41, 5.74) is 2.89. The SMILES string of the molecule is CCC(=O)c1c(C2CC(F)(F)C2)c(-c2ccc(C#N)cc2)nn1C(C)C. The fraction of sp³-hybridized carbons (Fsp3) is 0.450. The van der Waals surface area contributed by atoms with Gasteiger partial charge in [0.05, 0.1) is 17.3 Å². The van der Waals surface area contributed by atoms with Crippen LogP contribution in [0.2, 0.25) is 0 Å². The van der Waals surface area contributed by atoms with Crippen molar-refractivity contribution in [1.82, 2.24) is 9.78 Å². The van der Waals surface area contributed by atoms with Gasteiger partial charge in [0.1, 0.15) is 5.69 Å². The minimum absolute atomic E-state index is 0.0630. The average Bonchev–Trinajstić information content (AvgIpc) is 2.99. The molecule has 4 nitrogen and oxygen atoms in total. The van der Waals surface area contributed by atoms with Crippen LogP contribution < -0.4 is 0 Å². The van der Waals surface area contributed by atoms with Crippen molar-refractivity contribution in [1.29, 1.82) is 5.26 Å². The number of benzene rings is 1. The summed E-state index contributed by atoms with van der Waals surface area (Å²) in [7, 11) is 0. The lowest BCUT2D eigenvalue weighted by Crippen LogP contribution is -2.34. The molecular formula is C20H21F2N3O. The van der Waals surface area contributed by atoms with Crippen LogP contribution in [0.4, 0.5) is 8.78 Å². The van der Waals surface area contributed by atoms with Gasteiger partial charge in [0, 0.05) is 36.4 Å². The third kappa shape index (κ3) is 3.14. The standard InChI is InChI=1S/C20H21F2N3O/c1-4-16(26)19-17(15-9-20(21,22)10-15)18(24-25(19)12(2)3)14-7-5-13(11-23)6-8-14/h5-8,12,15H,4,9-10H2,1-3H3. The average molecular weight is 357 g/mol. The first kappa shape index (κ1) is 18.2. The molecule has 1 fully saturated rings. The van der Waals surface area contributed by atoms with E-state index in [1.54, 1.807) is 35.9 Å². The highest BCUT2D eigenvalue weighted by Crippen LogP contribution is 2.51. The first-order valence-electron chi connectivity index (χ1n) is 8.81. The Kier molecular flexibility index (Phi) is 4.66. The van der Waals surface area contributed by atoms with Crippen LogP contribution in [0.5, 0.6) is 0 Å². The maximum absolute atomic E-state index is 13.5. The lowest BCUT2D eigenvalue weighted by molar-refractivity contribution is -0.0867. The van der Waals surface area contributed by atoms with E-state index in [0.717, 1.165) is 5.56 Å². The van der Waals surface area contributed by atoms with E-state index in [2.05, 4.69) is 11.2 Å². The predicted octanol–water partition coefficient (Wildman–Crippen LogP) is 5.11. The van der Waals surface area contributed by atoms with Gasteiger partial charge in [0.25, 0.3) is 0 Å². The Morgan fingerprint density at radius 2 is 1.96 bits per heavy atom. The number of halogens is 2. The molecule has 1 saturated carbocycles. The van der Waals surface area contributed by atoms with E-state index in [-0.39, 0.29) is 30.6 Å². The number of Topliss-reactive ketones (excluding diaryl/α,β-unsaturated/α-hetero) is 1. The number of nitriles is 1. The molecule has 0 spiro atoms. The summed E-state index contributed by atoms with van der Waals surface area (Å²) in [6.07, 6.45) is -0.227. The Morgan fingerprint density at radius 1 is 1.35 bits per heavy atom. The minimum Gasteiger partial charge on any atom is -0.292 e. The van der Waals surface area contributed by atoms with Crippen LogP contribution in [-0.2, 0) is 0 Å². The molecule has 2 aromatic rings. The van der Waals surface area contributed by atoms with Gasteiger partial charge in [0.2, 0.25) is 5.92 Å². The second kappa shape index (κ2) is 6.64. The topological polar surface area (TPSA) is 58.7 Å². The number of carbonyl (C=O) groups excluding carboxylic acids is 1. The van der Waals surface area contributed by atoms with Gasteiger partial charge in [-0.2, -0.15) is 10.4 Å². The third-order valence-electron chi connectivity index (χ3n) is 4.81. The summed E-state index contributed by atoms with van der Waals surface area (Å²) < 4.78 is 28.7. The van der Waals surface area contributed by atoms with Gasteiger partial charge in [-0.15, -0.1) is 0 Å². The summed E-state index contributed by atoms with van der Waals surface area (Å²) in [5.74, 6) is -3.15. The minimum atomic E-state index is -2.68. The molecule has 0 unspecified atom stereocenters. The number of rotatable bonds is 5. The van der Waals surface area contributed by atoms with Gasteiger partial charge >= 0.3 is 0 Å². The Labute approximate surface area is 151 Å². The highest BCUT2D eigenvalue weighted by Gasteiger charge is 2.48. The zero-order chi connectivity index (χ0) is 19.1. The molecule has 0 N–H and O–H groups in total. The highest BCUT2D eigenvalue weighted by atomic mass is 19.3. The van der Waals surface area contributed by atoms with Crippen molar-refractivity contribution in [3.8, 4) is 17.3 Å². The molecule has 1 aromatic carbocycles. The summed E-state index contributed by atoms with van der Waals surface area (Å²) in [4.78, 5) is 12.6. The quantitative estimate of drug-likeness (QED) is 0.699. The largest absolute Gasteiger partial charge is 0.292 e. The van der Waals surface area contributed by atoms with Gasteiger partial charge in [-0.05, 0) is 31.9 Å². The molecule has 0 radical (unpaired) electrons. The first-order valence-corrected chi connectivity index (χ1v) is 8.81. The lowest BCUT2D eigenvalue weighted by atomic mass is 9.74. The van der Waals surface area contributed by atoms with Crippen molar-refractivity contribution in [3.63, 3.8) is 0 Å². The molecule has 26 heavy (non-hydrogen) atoms. The normalized spacial score (nSPS) is 16.3. The van der Waals surface area contributed by atoms with Crippen LogP contribution >= 0.6 is 0 Å². The van der Waals surface area contributed by atoms with Gasteiger partial charge in [-0.1, -0.05) is 19.1 Å². The maximum Gasteiger partial charge on any atom is 0.249 e. The number of carbonyl (C=O) groups is 1. The molecule has 1 aromatic heterocycles. The zero-order valence-corrected chi connectivity index (χ0v) is 15.1. The lowest BCUT2D eigenvalue weighted by Gasteiger charge is -2.35. The summed E-state index contributed by atoms with van der Waals surface area (Å²) in [6, 6.07) is 8.85. The van der Waals surface area contributed by atoms with E-state index < -0.39 is 5.92 Å². The van der Waals surface area contributed by atoms with Crippen molar-refractivity contribution in [2.45, 2.75) is 57.9 Å². The Bertz CT molecular complexity index is 868. The van der Waals surface area contributed by atoms with Crippen molar-refractivity contribution >= 4 is 5.78 Å². The van der Waals surface area contributed by atoms with Gasteiger partial charge in [0.15, 0.2) is 5.78 Å². The van der Waals surface area contributed by atoms with Crippen LogP contribution in [0.1, 0.15) is 73.6 Å². The molecule has 0 atom stereocenters. The molecule has 1 aliphatic rings. The van der Waals surface area contributed by atoms with Crippen LogP contribution in [0.15, 0.2) is 24.3 Å². The second-order valence-electron chi connectivity index (χ2n) is 7.08. The number of nitrogens with zero attached hydrogens (tertiary/aromatic N) is 3. The molecule has 0 bridgehead atoms. The first-order chi connectivity index (χ1) is 12.3. The molecule has 0 saturated heterocycles. The number of aromatic nitrogens is 2. The third-order valence-corrected chi connectivity index (χ3v) is 4.81. The molecule has 1 aliphatic carbocycles. The second-order valence-corrected chi connectivity index (χ2v) is 7.08. The zero-order valence-electron chi connectivity index (χ0n) is 15.1. The molecule has 0 aliphatic heterocycles. The molecule has 1 heterocycles. The molecular weight excluding hydrogens is 336 g/mol. The van der Waals surface area contributed by atoms with E-state index in [4.69, 9.17) is 5.26 Å². The smallest absolute Gasteiger partial charge is 0.249 e. The molecule has 6 heteroatoms. The van der Waals surface area contributed by atoms with E-state index in [0.29, 0.717) is 28.9 Å². The van der Waals surface area contributed by atoms with Crippen LogP contribution in [0.3, 0.4) is 0 Å². The highest BCUT2D eigenvalue weighted by molar-refractivity contribution is 5.97. The van der Waals surface area contributed by atoms with Crippen LogP contribution in [-0.4, -0.2) is 21.5 Å². The number of hydrogen-bond donors (Lipinski definition) is 0. The summed E-state index contributed by atoms with van der Waals surface area (Å²) >= 11 is 0. The fourth-order valence-electron chi connectivity index (χ4n) is 3.43. The molecule has 0 amide bonds. The van der Waals surface area contributed by atoms with Crippen molar-refractivity contribution in [3.05, 3.63) is 41.1 Å². The van der Waals surface area contributed by atoms with Gasteiger partial charge in [-0.3, -0.25) is 9.48 Å². The van der Waals surface area contributed by atoms with Gasteiger partial charge in [-0.25, -0.2) is 8.78 Å². The van der Waals surface area contributed by atoms with Crippen molar-refractivity contribution in [2.24, 2.45) is 0 Å². The number of hydrogen-bond acceptors (Lipinski definition) is 3. The van der Waals surface area contributed by atoms with Crippen LogP contribution in [0.25, 0.3) is 11.3 Å². The molecule has 136 valence electrons. The maximum atomic E-state index is 13.5. The van der Waals surface area contributed by atoms with E-state index in [1.807, 2.05) is 13.8 Å². The predicted molar refractivity (Wildman–Crippen MR) is 94.3 cm³/mol. The Balaban J connectivity index is 2.19. The van der Waals surface area contributed by atoms with Crippen molar-refractivity contribution in [2.75, 3.05) is 0 Å². The Hall–Kier alpha value is -2.55. The number of alkyl halides is 2.